The fourth-order valence-electron chi connectivity index (χ4n) is 2.74. The Kier molecular flexibility index (Phi) is 4.04. The molecule has 112 valence electrons. The van der Waals surface area contributed by atoms with E-state index in [-0.39, 0.29) is 5.78 Å². The van der Waals surface area contributed by atoms with Crippen molar-refractivity contribution in [1.82, 2.24) is 4.57 Å². The van der Waals surface area contributed by atoms with E-state index in [1.54, 1.807) is 12.1 Å². The van der Waals surface area contributed by atoms with Crippen molar-refractivity contribution >= 4 is 28.3 Å². The number of para-hydroxylation sites is 1. The standard InChI is InChI=1S/C19H18ClNO/c1-3-13(2)21-12-16(14-8-5-7-11-18(14)21)19(22)15-9-4-6-10-17(15)20/h4-13H,3H2,1-2H3. The smallest absolute Gasteiger partial charge is 0.196 e. The highest BCUT2D eigenvalue weighted by molar-refractivity contribution is 6.35. The third kappa shape index (κ3) is 2.44. The van der Waals surface area contributed by atoms with Gasteiger partial charge in [-0.1, -0.05) is 48.9 Å². The van der Waals surface area contributed by atoms with Crippen molar-refractivity contribution in [1.29, 1.82) is 0 Å². The lowest BCUT2D eigenvalue weighted by molar-refractivity contribution is 0.104. The van der Waals surface area contributed by atoms with Crippen LogP contribution < -0.4 is 0 Å². The van der Waals surface area contributed by atoms with Crippen LogP contribution in [-0.4, -0.2) is 10.4 Å². The number of benzene rings is 2. The van der Waals surface area contributed by atoms with Crippen LogP contribution in [0.1, 0.15) is 42.2 Å². The van der Waals surface area contributed by atoms with Gasteiger partial charge in [0.2, 0.25) is 0 Å². The lowest BCUT2D eigenvalue weighted by atomic mass is 10.0. The predicted molar refractivity (Wildman–Crippen MR) is 91.8 cm³/mol. The first-order valence-electron chi connectivity index (χ1n) is 7.52. The number of aromatic nitrogens is 1. The molecular formula is C19H18ClNO. The Bertz CT molecular complexity index is 834. The second-order valence-corrected chi connectivity index (χ2v) is 5.94. The molecule has 2 aromatic carbocycles. The number of hydrogen-bond acceptors (Lipinski definition) is 1. The zero-order valence-electron chi connectivity index (χ0n) is 12.7. The highest BCUT2D eigenvalue weighted by Crippen LogP contribution is 2.29. The zero-order valence-corrected chi connectivity index (χ0v) is 13.5. The van der Waals surface area contributed by atoms with Crippen LogP contribution in [0.5, 0.6) is 0 Å². The van der Waals surface area contributed by atoms with Crippen molar-refractivity contribution in [3.05, 3.63) is 70.9 Å². The number of fused-ring (bicyclic) bond motifs is 1. The average Bonchev–Trinajstić information content (AvgIpc) is 2.94. The summed E-state index contributed by atoms with van der Waals surface area (Å²) < 4.78 is 2.18. The monoisotopic (exact) mass is 311 g/mol. The largest absolute Gasteiger partial charge is 0.344 e. The van der Waals surface area contributed by atoms with Crippen molar-refractivity contribution in [2.45, 2.75) is 26.3 Å². The summed E-state index contributed by atoms with van der Waals surface area (Å²) in [5.41, 5.74) is 2.35. The van der Waals surface area contributed by atoms with Crippen LogP contribution in [0.4, 0.5) is 0 Å². The molecule has 2 nitrogen and oxygen atoms in total. The van der Waals surface area contributed by atoms with Crippen molar-refractivity contribution in [3.63, 3.8) is 0 Å². The van der Waals surface area contributed by atoms with Gasteiger partial charge >= 0.3 is 0 Å². The van der Waals surface area contributed by atoms with E-state index in [2.05, 4.69) is 24.5 Å². The van der Waals surface area contributed by atoms with Gasteiger partial charge < -0.3 is 4.57 Å². The third-order valence-electron chi connectivity index (χ3n) is 4.17. The molecule has 0 saturated carbocycles. The molecule has 0 saturated heterocycles. The molecule has 1 atom stereocenters. The number of halogens is 1. The van der Waals surface area contributed by atoms with E-state index in [1.807, 2.05) is 36.5 Å². The fourth-order valence-corrected chi connectivity index (χ4v) is 2.96. The Morgan fingerprint density at radius 3 is 2.50 bits per heavy atom. The molecule has 22 heavy (non-hydrogen) atoms. The van der Waals surface area contributed by atoms with Crippen molar-refractivity contribution in [2.24, 2.45) is 0 Å². The molecule has 1 heterocycles. The van der Waals surface area contributed by atoms with Crippen molar-refractivity contribution < 1.29 is 4.79 Å². The van der Waals surface area contributed by atoms with Gasteiger partial charge in [0.1, 0.15) is 0 Å². The number of rotatable bonds is 4. The van der Waals surface area contributed by atoms with Gasteiger partial charge in [0.15, 0.2) is 5.78 Å². The summed E-state index contributed by atoms with van der Waals surface area (Å²) in [5, 5.41) is 1.47. The highest BCUT2D eigenvalue weighted by Gasteiger charge is 2.19. The van der Waals surface area contributed by atoms with Crippen LogP contribution in [-0.2, 0) is 0 Å². The Morgan fingerprint density at radius 1 is 1.09 bits per heavy atom. The van der Waals surface area contributed by atoms with Crippen LogP contribution in [0.3, 0.4) is 0 Å². The molecule has 0 radical (unpaired) electrons. The minimum Gasteiger partial charge on any atom is -0.344 e. The number of carbonyl (C=O) groups is 1. The SMILES string of the molecule is CCC(C)n1cc(C(=O)c2ccccc2Cl)c2ccccc21. The number of carbonyl (C=O) groups excluding carboxylic acids is 1. The third-order valence-corrected chi connectivity index (χ3v) is 4.50. The van der Waals surface area contributed by atoms with Gasteiger partial charge in [0.05, 0.1) is 5.02 Å². The summed E-state index contributed by atoms with van der Waals surface area (Å²) in [6.45, 7) is 4.31. The molecular weight excluding hydrogens is 294 g/mol. The first-order chi connectivity index (χ1) is 10.6. The van der Waals surface area contributed by atoms with E-state index in [0.29, 0.717) is 22.2 Å². The van der Waals surface area contributed by atoms with Gasteiger partial charge in [0, 0.05) is 34.3 Å². The fraction of sp³-hybridized carbons (Fsp3) is 0.211. The predicted octanol–water partition coefficient (Wildman–Crippen LogP) is 5.50. The Hall–Kier alpha value is -2.06. The lowest BCUT2D eigenvalue weighted by Gasteiger charge is -2.12. The molecule has 0 aliphatic carbocycles. The molecule has 0 spiro atoms. The minimum absolute atomic E-state index is 0.0242. The maximum absolute atomic E-state index is 12.9. The molecule has 3 rings (SSSR count). The minimum atomic E-state index is -0.0242. The first-order valence-corrected chi connectivity index (χ1v) is 7.90. The molecule has 1 unspecified atom stereocenters. The summed E-state index contributed by atoms with van der Waals surface area (Å²) in [6.07, 6.45) is 2.98. The van der Waals surface area contributed by atoms with Crippen LogP contribution >= 0.6 is 11.6 Å². The quantitative estimate of drug-likeness (QED) is 0.583. The number of nitrogens with zero attached hydrogens (tertiary/aromatic N) is 1. The van der Waals surface area contributed by atoms with Crippen LogP contribution in [0.15, 0.2) is 54.7 Å². The second kappa shape index (κ2) is 5.98. The van der Waals surface area contributed by atoms with Gasteiger partial charge in [0.25, 0.3) is 0 Å². The Morgan fingerprint density at radius 2 is 1.77 bits per heavy atom. The average molecular weight is 312 g/mol. The first kappa shape index (κ1) is 14.9. The molecule has 0 N–H and O–H groups in total. The van der Waals surface area contributed by atoms with Gasteiger partial charge in [-0.2, -0.15) is 0 Å². The Balaban J connectivity index is 2.19. The molecule has 0 aliphatic rings. The van der Waals surface area contributed by atoms with E-state index in [4.69, 9.17) is 11.6 Å². The summed E-state index contributed by atoms with van der Waals surface area (Å²) in [4.78, 5) is 12.9. The summed E-state index contributed by atoms with van der Waals surface area (Å²) >= 11 is 6.19. The van der Waals surface area contributed by atoms with Gasteiger partial charge in [-0.15, -0.1) is 0 Å². The zero-order chi connectivity index (χ0) is 15.7. The van der Waals surface area contributed by atoms with Crippen LogP contribution in [0, 0.1) is 0 Å². The molecule has 3 aromatic rings. The van der Waals surface area contributed by atoms with Gasteiger partial charge in [-0.25, -0.2) is 0 Å². The second-order valence-electron chi connectivity index (χ2n) is 5.53. The van der Waals surface area contributed by atoms with E-state index >= 15 is 0 Å². The molecule has 0 aliphatic heterocycles. The molecule has 0 bridgehead atoms. The van der Waals surface area contributed by atoms with E-state index in [0.717, 1.165) is 17.3 Å². The summed E-state index contributed by atoms with van der Waals surface area (Å²) in [7, 11) is 0. The van der Waals surface area contributed by atoms with Crippen LogP contribution in [0.2, 0.25) is 5.02 Å². The molecule has 1 aromatic heterocycles. The molecule has 0 amide bonds. The molecule has 0 fully saturated rings. The maximum Gasteiger partial charge on any atom is 0.196 e. The van der Waals surface area contributed by atoms with Gasteiger partial charge in [-0.3, -0.25) is 4.79 Å². The number of ketones is 1. The van der Waals surface area contributed by atoms with Gasteiger partial charge in [-0.05, 0) is 31.5 Å². The molecule has 3 heteroatoms. The highest BCUT2D eigenvalue weighted by atomic mass is 35.5. The topological polar surface area (TPSA) is 22.0 Å². The summed E-state index contributed by atoms with van der Waals surface area (Å²) in [6, 6.07) is 15.6. The van der Waals surface area contributed by atoms with Crippen molar-refractivity contribution in [2.75, 3.05) is 0 Å². The maximum atomic E-state index is 12.9. The lowest BCUT2D eigenvalue weighted by Crippen LogP contribution is -2.03. The van der Waals surface area contributed by atoms with E-state index < -0.39 is 0 Å². The van der Waals surface area contributed by atoms with E-state index in [1.165, 1.54) is 0 Å². The Labute approximate surface area is 135 Å². The van der Waals surface area contributed by atoms with Crippen LogP contribution in [0.25, 0.3) is 10.9 Å². The number of hydrogen-bond donors (Lipinski definition) is 0. The van der Waals surface area contributed by atoms with Crippen molar-refractivity contribution in [3.8, 4) is 0 Å². The summed E-state index contributed by atoms with van der Waals surface area (Å²) in [5.74, 6) is -0.0242. The normalized spacial score (nSPS) is 12.5. The van der Waals surface area contributed by atoms with E-state index in [9.17, 15) is 4.79 Å².